The van der Waals surface area contributed by atoms with E-state index in [-0.39, 0.29) is 31.1 Å². The number of allylic oxidation sites excluding steroid dienone is 10. The quantitative estimate of drug-likeness (QED) is 0.0261. The molecule has 0 rings (SSSR count). The Morgan fingerprint density at radius 1 is 0.266 bits per heavy atom. The van der Waals surface area contributed by atoms with Gasteiger partial charge in [0, 0.05) is 19.3 Å². The number of hydrogen-bond donors (Lipinski definition) is 0. The Kier molecular flexibility index (Phi) is 65.1. The molecule has 0 aliphatic heterocycles. The van der Waals surface area contributed by atoms with Gasteiger partial charge in [0.15, 0.2) is 6.10 Å². The highest BCUT2D eigenvalue weighted by atomic mass is 16.6. The van der Waals surface area contributed by atoms with Crippen molar-refractivity contribution in [3.63, 3.8) is 0 Å². The minimum absolute atomic E-state index is 0.0691. The fourth-order valence-corrected chi connectivity index (χ4v) is 10.3. The minimum atomic E-state index is -0.770. The first kappa shape index (κ1) is 76.1. The van der Waals surface area contributed by atoms with E-state index in [1.54, 1.807) is 0 Å². The number of carbonyl (C=O) groups is 3. The maximum absolute atomic E-state index is 12.9. The van der Waals surface area contributed by atoms with E-state index in [2.05, 4.69) is 81.5 Å². The summed E-state index contributed by atoms with van der Waals surface area (Å²) in [6.07, 6.45) is 87.1. The van der Waals surface area contributed by atoms with Gasteiger partial charge in [0.25, 0.3) is 0 Å². The molecule has 0 heterocycles. The van der Waals surface area contributed by atoms with Crippen molar-refractivity contribution in [1.82, 2.24) is 0 Å². The molecule has 0 saturated heterocycles. The Morgan fingerprint density at radius 3 is 0.785 bits per heavy atom. The maximum atomic E-state index is 12.9. The molecular weight excluding hydrogens is 973 g/mol. The first-order valence-electron chi connectivity index (χ1n) is 34.8. The van der Waals surface area contributed by atoms with Gasteiger partial charge >= 0.3 is 17.9 Å². The van der Waals surface area contributed by atoms with E-state index in [1.165, 1.54) is 244 Å². The Labute approximate surface area is 491 Å². The van der Waals surface area contributed by atoms with E-state index in [4.69, 9.17) is 14.2 Å². The molecule has 460 valence electrons. The SMILES string of the molecule is CC/C=C\C/C=C\C/C=C\C/C=C\CCCCCCCCCCCCCCCCCCCCC(=O)OCC(COC(=O)CCCCCCCCC)OC(=O)CCCCCCCCCCCCC/C=C\CCCCCCCCCC. The Bertz CT molecular complexity index is 1410. The van der Waals surface area contributed by atoms with E-state index in [0.29, 0.717) is 19.3 Å². The van der Waals surface area contributed by atoms with Gasteiger partial charge in [0.05, 0.1) is 0 Å². The standard InChI is InChI=1S/C73H132O6/c1-4-7-10-13-16-18-20-22-24-26-28-30-32-33-34-35-36-37-38-39-41-42-44-46-48-50-52-54-57-60-63-66-72(75)78-69-70(68-77-71(74)65-62-59-56-15-12-9-6-3)79-73(76)67-64-61-58-55-53-51-49-47-45-43-40-31-29-27-25-23-21-19-17-14-11-8-5-2/h7,10,16,18,22,24,27-30,70H,4-6,8-9,11-15,17,19-21,23,25-26,31-69H2,1-3H3/b10-7-,18-16-,24-22-,29-27-,30-28-. The highest BCUT2D eigenvalue weighted by Crippen LogP contribution is 2.18. The molecule has 0 N–H and O–H groups in total. The summed E-state index contributed by atoms with van der Waals surface area (Å²) in [7, 11) is 0. The molecule has 0 aromatic heterocycles. The average molecular weight is 1110 g/mol. The van der Waals surface area contributed by atoms with Crippen molar-refractivity contribution in [3.8, 4) is 0 Å². The molecule has 0 amide bonds. The van der Waals surface area contributed by atoms with Gasteiger partial charge in [-0.15, -0.1) is 0 Å². The number of esters is 3. The summed E-state index contributed by atoms with van der Waals surface area (Å²) in [5.41, 5.74) is 0. The smallest absolute Gasteiger partial charge is 0.306 e. The van der Waals surface area contributed by atoms with Crippen LogP contribution in [-0.4, -0.2) is 37.2 Å². The largest absolute Gasteiger partial charge is 0.462 e. The van der Waals surface area contributed by atoms with Crippen molar-refractivity contribution >= 4 is 17.9 Å². The molecule has 0 saturated carbocycles. The van der Waals surface area contributed by atoms with Gasteiger partial charge in [-0.2, -0.15) is 0 Å². The summed E-state index contributed by atoms with van der Waals surface area (Å²) >= 11 is 0. The lowest BCUT2D eigenvalue weighted by Gasteiger charge is -2.18. The fourth-order valence-electron chi connectivity index (χ4n) is 10.3. The van der Waals surface area contributed by atoms with Gasteiger partial charge in [0.1, 0.15) is 13.2 Å². The van der Waals surface area contributed by atoms with Crippen LogP contribution in [0.1, 0.15) is 367 Å². The second kappa shape index (κ2) is 67.6. The van der Waals surface area contributed by atoms with Gasteiger partial charge in [0.2, 0.25) is 0 Å². The highest BCUT2D eigenvalue weighted by Gasteiger charge is 2.19. The number of ether oxygens (including phenoxy) is 3. The van der Waals surface area contributed by atoms with Crippen LogP contribution in [0, 0.1) is 0 Å². The number of hydrogen-bond acceptors (Lipinski definition) is 6. The zero-order valence-corrected chi connectivity index (χ0v) is 52.9. The third kappa shape index (κ3) is 65.8. The first-order valence-corrected chi connectivity index (χ1v) is 34.8. The summed E-state index contributed by atoms with van der Waals surface area (Å²) in [5.74, 6) is -0.854. The van der Waals surface area contributed by atoms with E-state index in [0.717, 1.165) is 83.5 Å². The summed E-state index contributed by atoms with van der Waals surface area (Å²) in [4.78, 5) is 38.2. The van der Waals surface area contributed by atoms with Crippen molar-refractivity contribution < 1.29 is 28.6 Å². The molecule has 1 atom stereocenters. The van der Waals surface area contributed by atoms with Gasteiger partial charge in [-0.25, -0.2) is 0 Å². The van der Waals surface area contributed by atoms with Crippen LogP contribution in [0.3, 0.4) is 0 Å². The van der Waals surface area contributed by atoms with Crippen molar-refractivity contribution in [1.29, 1.82) is 0 Å². The zero-order valence-electron chi connectivity index (χ0n) is 52.9. The van der Waals surface area contributed by atoms with Crippen LogP contribution in [0.5, 0.6) is 0 Å². The van der Waals surface area contributed by atoms with Gasteiger partial charge in [-0.05, 0) is 83.5 Å². The van der Waals surface area contributed by atoms with Crippen LogP contribution in [0.4, 0.5) is 0 Å². The predicted molar refractivity (Wildman–Crippen MR) is 344 cm³/mol. The summed E-state index contributed by atoms with van der Waals surface area (Å²) in [5, 5.41) is 0. The lowest BCUT2D eigenvalue weighted by Crippen LogP contribution is -2.30. The van der Waals surface area contributed by atoms with Gasteiger partial charge in [-0.1, -0.05) is 326 Å². The monoisotopic (exact) mass is 1110 g/mol. The lowest BCUT2D eigenvalue weighted by molar-refractivity contribution is -0.167. The predicted octanol–water partition coefficient (Wildman–Crippen LogP) is 23.9. The van der Waals surface area contributed by atoms with Crippen LogP contribution in [0.15, 0.2) is 60.8 Å². The summed E-state index contributed by atoms with van der Waals surface area (Å²) in [6, 6.07) is 0. The Balaban J connectivity index is 4.02. The summed E-state index contributed by atoms with van der Waals surface area (Å²) < 4.78 is 16.9. The second-order valence-corrected chi connectivity index (χ2v) is 23.4. The number of unbranched alkanes of at least 4 members (excludes halogenated alkanes) is 43. The Hall–Kier alpha value is -2.89. The molecule has 0 aliphatic rings. The molecule has 0 fully saturated rings. The zero-order chi connectivity index (χ0) is 57.1. The third-order valence-corrected chi connectivity index (χ3v) is 15.5. The highest BCUT2D eigenvalue weighted by molar-refractivity contribution is 5.71. The number of rotatable bonds is 64. The van der Waals surface area contributed by atoms with Crippen LogP contribution in [-0.2, 0) is 28.6 Å². The van der Waals surface area contributed by atoms with E-state index < -0.39 is 6.10 Å². The number of carbonyl (C=O) groups excluding carboxylic acids is 3. The molecule has 0 radical (unpaired) electrons. The van der Waals surface area contributed by atoms with E-state index in [1.807, 2.05) is 0 Å². The molecular formula is C73H132O6. The van der Waals surface area contributed by atoms with E-state index in [9.17, 15) is 14.4 Å². The molecule has 6 nitrogen and oxygen atoms in total. The topological polar surface area (TPSA) is 78.9 Å². The van der Waals surface area contributed by atoms with E-state index >= 15 is 0 Å². The van der Waals surface area contributed by atoms with Crippen molar-refractivity contribution in [2.24, 2.45) is 0 Å². The lowest BCUT2D eigenvalue weighted by atomic mass is 10.0. The molecule has 0 aliphatic carbocycles. The molecule has 0 aromatic carbocycles. The van der Waals surface area contributed by atoms with Crippen molar-refractivity contribution in [2.45, 2.75) is 374 Å². The second-order valence-electron chi connectivity index (χ2n) is 23.4. The summed E-state index contributed by atoms with van der Waals surface area (Å²) in [6.45, 7) is 6.54. The third-order valence-electron chi connectivity index (χ3n) is 15.5. The molecule has 0 spiro atoms. The molecule has 79 heavy (non-hydrogen) atoms. The first-order chi connectivity index (χ1) is 39.0. The molecule has 1 unspecified atom stereocenters. The van der Waals surface area contributed by atoms with Crippen LogP contribution < -0.4 is 0 Å². The van der Waals surface area contributed by atoms with Crippen molar-refractivity contribution in [2.75, 3.05) is 13.2 Å². The Morgan fingerprint density at radius 2 is 0.494 bits per heavy atom. The van der Waals surface area contributed by atoms with Gasteiger partial charge < -0.3 is 14.2 Å². The molecule has 6 heteroatoms. The average Bonchev–Trinajstić information content (AvgIpc) is 3.45. The normalized spacial score (nSPS) is 12.4. The molecule has 0 aromatic rings. The van der Waals surface area contributed by atoms with Crippen LogP contribution >= 0.6 is 0 Å². The van der Waals surface area contributed by atoms with Gasteiger partial charge in [-0.3, -0.25) is 14.4 Å². The minimum Gasteiger partial charge on any atom is -0.462 e. The molecule has 0 bridgehead atoms. The maximum Gasteiger partial charge on any atom is 0.306 e. The van der Waals surface area contributed by atoms with Crippen LogP contribution in [0.2, 0.25) is 0 Å². The fraction of sp³-hybridized carbons (Fsp3) is 0.822. The van der Waals surface area contributed by atoms with Crippen LogP contribution in [0.25, 0.3) is 0 Å². The van der Waals surface area contributed by atoms with Crippen molar-refractivity contribution in [3.05, 3.63) is 60.8 Å².